The van der Waals surface area contributed by atoms with E-state index in [0.29, 0.717) is 5.41 Å². The molecule has 1 saturated carbocycles. The van der Waals surface area contributed by atoms with Crippen molar-refractivity contribution >= 4 is 29.5 Å². The number of allylic oxidation sites excluding steroid dienone is 3. The number of fused-ring (bicyclic) bond motifs is 1. The van der Waals surface area contributed by atoms with Crippen LogP contribution in [0.3, 0.4) is 0 Å². The molecule has 0 bridgehead atoms. The first kappa shape index (κ1) is 8.48. The Hall–Kier alpha value is -0.670. The van der Waals surface area contributed by atoms with Crippen LogP contribution < -0.4 is 5.32 Å². The van der Waals surface area contributed by atoms with Gasteiger partial charge in [0.1, 0.15) is 0 Å². The lowest BCUT2D eigenvalue weighted by atomic mass is 9.85. The third kappa shape index (κ3) is 0.797. The quantitative estimate of drug-likeness (QED) is 0.657. The second kappa shape index (κ2) is 2.36. The third-order valence-electron chi connectivity index (χ3n) is 3.95. The van der Waals surface area contributed by atoms with Gasteiger partial charge in [0.25, 0.3) is 0 Å². The standard InChI is InChI=1S/C12H11NS2/c1-6-2-9-12(3-7(12)4-13-9)10-8(14)5-15-11(6)10/h2,5,7,13-14H,1,3-4H2. The molecule has 0 amide bonds. The van der Waals surface area contributed by atoms with E-state index in [9.17, 15) is 0 Å². The third-order valence-corrected chi connectivity index (χ3v) is 5.54. The molecule has 2 atom stereocenters. The average Bonchev–Trinajstić information content (AvgIpc) is 2.61. The van der Waals surface area contributed by atoms with Crippen LogP contribution in [-0.2, 0) is 5.41 Å². The van der Waals surface area contributed by atoms with Crippen molar-refractivity contribution in [2.24, 2.45) is 5.92 Å². The van der Waals surface area contributed by atoms with Crippen molar-refractivity contribution in [3.8, 4) is 0 Å². The van der Waals surface area contributed by atoms with Crippen LogP contribution in [0.4, 0.5) is 0 Å². The van der Waals surface area contributed by atoms with Crippen LogP contribution in [0, 0.1) is 5.92 Å². The summed E-state index contributed by atoms with van der Waals surface area (Å²) in [6.07, 6.45) is 3.54. The van der Waals surface area contributed by atoms with Crippen LogP contribution in [-0.4, -0.2) is 6.54 Å². The molecule has 2 heterocycles. The molecule has 3 heteroatoms. The molecular formula is C12H11NS2. The molecule has 1 spiro atoms. The highest BCUT2D eigenvalue weighted by atomic mass is 32.1. The highest BCUT2D eigenvalue weighted by Gasteiger charge is 2.64. The monoisotopic (exact) mass is 233 g/mol. The molecule has 0 aromatic carbocycles. The van der Waals surface area contributed by atoms with Crippen molar-refractivity contribution in [3.63, 3.8) is 0 Å². The van der Waals surface area contributed by atoms with E-state index < -0.39 is 0 Å². The number of thiophene rings is 1. The van der Waals surface area contributed by atoms with E-state index in [1.165, 1.54) is 22.6 Å². The van der Waals surface area contributed by atoms with Gasteiger partial charge in [-0.1, -0.05) is 6.58 Å². The molecule has 1 aromatic rings. The molecule has 1 aromatic heterocycles. The molecule has 4 rings (SSSR count). The molecule has 76 valence electrons. The van der Waals surface area contributed by atoms with Gasteiger partial charge in [0.05, 0.1) is 0 Å². The Morgan fingerprint density at radius 1 is 1.60 bits per heavy atom. The van der Waals surface area contributed by atoms with Gasteiger partial charge in [-0.3, -0.25) is 0 Å². The number of nitrogens with one attached hydrogen (secondary N) is 1. The maximum absolute atomic E-state index is 4.60. The molecule has 2 fully saturated rings. The van der Waals surface area contributed by atoms with Crippen LogP contribution in [0.1, 0.15) is 16.9 Å². The van der Waals surface area contributed by atoms with E-state index in [1.54, 1.807) is 11.3 Å². The van der Waals surface area contributed by atoms with E-state index >= 15 is 0 Å². The fraction of sp³-hybridized carbons (Fsp3) is 0.333. The molecule has 3 aliphatic rings. The summed E-state index contributed by atoms with van der Waals surface area (Å²) in [6.45, 7) is 5.27. The van der Waals surface area contributed by atoms with Gasteiger partial charge in [0, 0.05) is 32.8 Å². The van der Waals surface area contributed by atoms with Crippen LogP contribution in [0.25, 0.3) is 5.57 Å². The Morgan fingerprint density at radius 3 is 3.27 bits per heavy atom. The van der Waals surface area contributed by atoms with Crippen LogP contribution in [0.15, 0.2) is 28.6 Å². The Kier molecular flexibility index (Phi) is 1.33. The minimum Gasteiger partial charge on any atom is -0.387 e. The summed E-state index contributed by atoms with van der Waals surface area (Å²) in [6, 6.07) is 0. The molecule has 1 saturated heterocycles. The van der Waals surface area contributed by atoms with Crippen molar-refractivity contribution < 1.29 is 0 Å². The summed E-state index contributed by atoms with van der Waals surface area (Å²) in [5.74, 6) is 0.802. The van der Waals surface area contributed by atoms with Gasteiger partial charge in [-0.2, -0.15) is 0 Å². The molecule has 2 unspecified atom stereocenters. The summed E-state index contributed by atoms with van der Waals surface area (Å²) in [7, 11) is 0. The van der Waals surface area contributed by atoms with Gasteiger partial charge in [0.15, 0.2) is 0 Å². The Bertz CT molecular complexity index is 526. The van der Waals surface area contributed by atoms with Crippen LogP contribution in [0.2, 0.25) is 0 Å². The Morgan fingerprint density at radius 2 is 2.47 bits per heavy atom. The molecule has 15 heavy (non-hydrogen) atoms. The predicted octanol–water partition coefficient (Wildman–Crippen LogP) is 2.81. The van der Waals surface area contributed by atoms with E-state index in [4.69, 9.17) is 0 Å². The zero-order chi connectivity index (χ0) is 10.2. The normalized spacial score (nSPS) is 35.1. The fourth-order valence-corrected chi connectivity index (χ4v) is 4.69. The minimum absolute atomic E-state index is 0.313. The first-order chi connectivity index (χ1) is 7.23. The maximum atomic E-state index is 4.60. The summed E-state index contributed by atoms with van der Waals surface area (Å²) in [5, 5.41) is 5.66. The molecule has 0 radical (unpaired) electrons. The first-order valence-corrected chi connectivity index (χ1v) is 6.52. The SMILES string of the molecule is C=C1C=C2NCC3CC23c2c(S)csc21. The van der Waals surface area contributed by atoms with Gasteiger partial charge < -0.3 is 5.32 Å². The zero-order valence-electron chi connectivity index (χ0n) is 8.21. The van der Waals surface area contributed by atoms with Gasteiger partial charge >= 0.3 is 0 Å². The second-order valence-corrected chi connectivity index (χ2v) is 6.02. The maximum Gasteiger partial charge on any atom is 0.0424 e. The van der Waals surface area contributed by atoms with Gasteiger partial charge in [0.2, 0.25) is 0 Å². The number of hydrogen-bond donors (Lipinski definition) is 2. The molecular weight excluding hydrogens is 222 g/mol. The summed E-state index contributed by atoms with van der Waals surface area (Å²) >= 11 is 6.39. The van der Waals surface area contributed by atoms with E-state index in [2.05, 4.69) is 36.0 Å². The van der Waals surface area contributed by atoms with Crippen LogP contribution in [0.5, 0.6) is 0 Å². The highest BCUT2D eigenvalue weighted by molar-refractivity contribution is 7.80. The van der Waals surface area contributed by atoms with Crippen molar-refractivity contribution in [2.75, 3.05) is 6.54 Å². The molecule has 1 nitrogen and oxygen atoms in total. The van der Waals surface area contributed by atoms with Crippen molar-refractivity contribution in [1.29, 1.82) is 0 Å². The summed E-state index contributed by atoms with van der Waals surface area (Å²) in [5.41, 5.74) is 4.30. The van der Waals surface area contributed by atoms with Crippen molar-refractivity contribution in [2.45, 2.75) is 16.7 Å². The zero-order valence-corrected chi connectivity index (χ0v) is 9.92. The summed E-state index contributed by atoms with van der Waals surface area (Å²) in [4.78, 5) is 2.52. The van der Waals surface area contributed by atoms with Crippen molar-refractivity contribution in [3.05, 3.63) is 34.2 Å². The second-order valence-electron chi connectivity index (χ2n) is 4.66. The Labute approximate surface area is 98.3 Å². The topological polar surface area (TPSA) is 12.0 Å². The van der Waals surface area contributed by atoms with E-state index in [-0.39, 0.29) is 0 Å². The first-order valence-electron chi connectivity index (χ1n) is 5.20. The van der Waals surface area contributed by atoms with E-state index in [1.807, 2.05) is 0 Å². The lowest BCUT2D eigenvalue weighted by Gasteiger charge is -2.23. The van der Waals surface area contributed by atoms with Gasteiger partial charge in [-0.15, -0.1) is 24.0 Å². The van der Waals surface area contributed by atoms with Crippen LogP contribution >= 0.6 is 24.0 Å². The average molecular weight is 233 g/mol. The molecule has 2 aliphatic carbocycles. The number of thiol groups is 1. The minimum atomic E-state index is 0.313. The molecule has 1 N–H and O–H groups in total. The van der Waals surface area contributed by atoms with Gasteiger partial charge in [-0.25, -0.2) is 0 Å². The largest absolute Gasteiger partial charge is 0.387 e. The number of piperidine rings is 1. The van der Waals surface area contributed by atoms with Crippen molar-refractivity contribution in [1.82, 2.24) is 5.32 Å². The van der Waals surface area contributed by atoms with E-state index in [0.717, 1.165) is 22.9 Å². The summed E-state index contributed by atoms with van der Waals surface area (Å²) < 4.78 is 0. The Balaban J connectivity index is 2.07. The smallest absolute Gasteiger partial charge is 0.0424 e. The fourth-order valence-electron chi connectivity index (χ4n) is 3.17. The molecule has 1 aliphatic heterocycles. The van der Waals surface area contributed by atoms with Gasteiger partial charge in [-0.05, 0) is 29.6 Å². The highest BCUT2D eigenvalue weighted by Crippen LogP contribution is 2.66. The number of rotatable bonds is 0. The predicted molar refractivity (Wildman–Crippen MR) is 66.5 cm³/mol. The lowest BCUT2D eigenvalue weighted by molar-refractivity contribution is 0.772. The number of hydrogen-bond acceptors (Lipinski definition) is 3. The lowest BCUT2D eigenvalue weighted by Crippen LogP contribution is -2.20.